The number of hydrogen-bond donors (Lipinski definition) is 2. The molecule has 6 heteroatoms. The lowest BCUT2D eigenvalue weighted by atomic mass is 10.2. The van der Waals surface area contributed by atoms with Crippen molar-refractivity contribution in [3.05, 3.63) is 90.0 Å². The van der Waals surface area contributed by atoms with Gasteiger partial charge in [-0.2, -0.15) is 5.10 Å². The lowest BCUT2D eigenvalue weighted by Gasteiger charge is -2.09. The van der Waals surface area contributed by atoms with Crippen molar-refractivity contribution in [2.75, 3.05) is 18.5 Å². The fourth-order valence-corrected chi connectivity index (χ4v) is 2.65. The van der Waals surface area contributed by atoms with Crippen molar-refractivity contribution in [1.29, 1.82) is 0 Å². The van der Waals surface area contributed by atoms with Crippen molar-refractivity contribution in [3.63, 3.8) is 0 Å². The molecule has 0 aliphatic heterocycles. The van der Waals surface area contributed by atoms with Crippen LogP contribution < -0.4 is 20.2 Å². The molecule has 0 spiro atoms. The van der Waals surface area contributed by atoms with Crippen molar-refractivity contribution in [1.82, 2.24) is 5.43 Å². The van der Waals surface area contributed by atoms with Gasteiger partial charge in [-0.1, -0.05) is 36.4 Å². The Bertz CT molecular complexity index is 957. The molecule has 0 bridgehead atoms. The number of hydrazone groups is 1. The number of rotatable bonds is 9. The minimum Gasteiger partial charge on any atom is -0.493 e. The molecule has 0 heterocycles. The first kappa shape index (κ1) is 20.9. The largest absolute Gasteiger partial charge is 0.493 e. The fraction of sp³-hybridized carbons (Fsp3) is 0.167. The number of nitrogens with one attached hydrogen (secondary N) is 2. The van der Waals surface area contributed by atoms with Gasteiger partial charge >= 0.3 is 6.03 Å². The van der Waals surface area contributed by atoms with E-state index in [2.05, 4.69) is 15.8 Å². The zero-order valence-corrected chi connectivity index (χ0v) is 16.9. The van der Waals surface area contributed by atoms with Crippen LogP contribution in [0.1, 0.15) is 17.5 Å². The summed E-state index contributed by atoms with van der Waals surface area (Å²) in [5.74, 6) is 1.69. The highest BCUT2D eigenvalue weighted by Gasteiger charge is 2.00. The van der Waals surface area contributed by atoms with Gasteiger partial charge in [-0.25, -0.2) is 10.2 Å². The number of aryl methyl sites for hydroxylation is 1. The molecule has 6 nitrogen and oxygen atoms in total. The van der Waals surface area contributed by atoms with Crippen LogP contribution in [0, 0.1) is 6.92 Å². The summed E-state index contributed by atoms with van der Waals surface area (Å²) in [6.45, 7) is 3.20. The number of carbonyl (C=O) groups is 1. The number of nitrogens with zero attached hydrogens (tertiary/aromatic N) is 1. The molecule has 0 aliphatic rings. The molecule has 0 atom stereocenters. The number of amides is 2. The first-order valence-corrected chi connectivity index (χ1v) is 9.77. The van der Waals surface area contributed by atoms with Crippen LogP contribution >= 0.6 is 0 Å². The topological polar surface area (TPSA) is 72.0 Å². The van der Waals surface area contributed by atoms with Crippen LogP contribution in [0.15, 0.2) is 84.0 Å². The van der Waals surface area contributed by atoms with Gasteiger partial charge in [0.05, 0.1) is 19.4 Å². The molecule has 0 radical (unpaired) electrons. The van der Waals surface area contributed by atoms with Crippen LogP contribution in [0.3, 0.4) is 0 Å². The van der Waals surface area contributed by atoms with E-state index in [0.29, 0.717) is 18.9 Å². The van der Waals surface area contributed by atoms with E-state index >= 15 is 0 Å². The number of hydrogen-bond acceptors (Lipinski definition) is 4. The predicted octanol–water partition coefficient (Wildman–Crippen LogP) is 5.00. The summed E-state index contributed by atoms with van der Waals surface area (Å²) >= 11 is 0. The summed E-state index contributed by atoms with van der Waals surface area (Å²) in [6.07, 6.45) is 2.36. The number of ether oxygens (including phenoxy) is 2. The van der Waals surface area contributed by atoms with Gasteiger partial charge in [-0.05, 0) is 60.5 Å². The van der Waals surface area contributed by atoms with Gasteiger partial charge in [0.2, 0.25) is 0 Å². The van der Waals surface area contributed by atoms with Crippen LogP contribution in [-0.4, -0.2) is 25.5 Å². The molecular weight excluding hydrogens is 378 g/mol. The van der Waals surface area contributed by atoms with Gasteiger partial charge in [-0.3, -0.25) is 0 Å². The summed E-state index contributed by atoms with van der Waals surface area (Å²) in [5.41, 5.74) is 5.12. The van der Waals surface area contributed by atoms with Crippen LogP contribution in [0.4, 0.5) is 10.5 Å². The Balaban J connectivity index is 1.34. The average Bonchev–Trinajstić information content (AvgIpc) is 2.76. The third kappa shape index (κ3) is 6.98. The van der Waals surface area contributed by atoms with Crippen LogP contribution in [0.2, 0.25) is 0 Å². The number of anilines is 1. The highest BCUT2D eigenvalue weighted by Crippen LogP contribution is 2.16. The third-order valence-corrected chi connectivity index (χ3v) is 4.20. The fourth-order valence-electron chi connectivity index (χ4n) is 2.65. The van der Waals surface area contributed by atoms with Crippen molar-refractivity contribution in [2.45, 2.75) is 13.3 Å². The molecule has 0 saturated carbocycles. The Labute approximate surface area is 176 Å². The van der Waals surface area contributed by atoms with Crippen molar-refractivity contribution < 1.29 is 14.3 Å². The zero-order chi connectivity index (χ0) is 21.0. The Hall–Kier alpha value is -3.80. The van der Waals surface area contributed by atoms with Crippen molar-refractivity contribution >= 4 is 17.9 Å². The molecule has 30 heavy (non-hydrogen) atoms. The van der Waals surface area contributed by atoms with E-state index in [4.69, 9.17) is 9.47 Å². The smallest absolute Gasteiger partial charge is 0.339 e. The van der Waals surface area contributed by atoms with E-state index in [1.54, 1.807) is 18.3 Å². The summed E-state index contributed by atoms with van der Waals surface area (Å²) in [5, 5.41) is 6.64. The zero-order valence-electron chi connectivity index (χ0n) is 16.9. The Morgan fingerprint density at radius 2 is 1.60 bits per heavy atom. The van der Waals surface area contributed by atoms with Crippen LogP contribution in [0.25, 0.3) is 0 Å². The summed E-state index contributed by atoms with van der Waals surface area (Å²) < 4.78 is 11.5. The molecule has 0 unspecified atom stereocenters. The lowest BCUT2D eigenvalue weighted by molar-refractivity contribution is 0.246. The van der Waals surface area contributed by atoms with E-state index in [9.17, 15) is 4.79 Å². The maximum absolute atomic E-state index is 11.8. The number of benzene rings is 3. The van der Waals surface area contributed by atoms with Gasteiger partial charge in [0.1, 0.15) is 11.5 Å². The second-order valence-corrected chi connectivity index (χ2v) is 6.58. The monoisotopic (exact) mass is 403 g/mol. The van der Waals surface area contributed by atoms with Gasteiger partial charge in [0.15, 0.2) is 0 Å². The van der Waals surface area contributed by atoms with Crippen LogP contribution in [-0.2, 0) is 0 Å². The first-order valence-electron chi connectivity index (χ1n) is 9.77. The van der Waals surface area contributed by atoms with E-state index in [0.717, 1.165) is 29.0 Å². The summed E-state index contributed by atoms with van der Waals surface area (Å²) in [6, 6.07) is 24.2. The van der Waals surface area contributed by atoms with Gasteiger partial charge in [0, 0.05) is 12.1 Å². The maximum atomic E-state index is 11.8. The quantitative estimate of drug-likeness (QED) is 0.300. The molecule has 3 rings (SSSR count). The predicted molar refractivity (Wildman–Crippen MR) is 119 cm³/mol. The standard InChI is InChI=1S/C24H25N3O3/c1-19-8-5-6-11-23(19)30-17-7-16-29-22-14-12-20(13-15-22)18-25-27-24(28)26-21-9-3-2-4-10-21/h2-6,8-15,18H,7,16-17H2,1H3,(H2,26,27,28)/b25-18-. The highest BCUT2D eigenvalue weighted by atomic mass is 16.5. The van der Waals surface area contributed by atoms with Gasteiger partial charge in [-0.15, -0.1) is 0 Å². The molecule has 0 saturated heterocycles. The molecule has 0 fully saturated rings. The van der Waals surface area contributed by atoms with E-state index in [1.165, 1.54) is 0 Å². The Morgan fingerprint density at radius 3 is 2.37 bits per heavy atom. The lowest BCUT2D eigenvalue weighted by Crippen LogP contribution is -2.24. The Kier molecular flexibility index (Phi) is 7.85. The van der Waals surface area contributed by atoms with Gasteiger partial charge < -0.3 is 14.8 Å². The van der Waals surface area contributed by atoms with Crippen LogP contribution in [0.5, 0.6) is 11.5 Å². The molecule has 3 aromatic carbocycles. The minimum absolute atomic E-state index is 0.398. The summed E-state index contributed by atoms with van der Waals surface area (Å²) in [7, 11) is 0. The van der Waals surface area contributed by atoms with Gasteiger partial charge in [0.25, 0.3) is 0 Å². The minimum atomic E-state index is -0.398. The number of urea groups is 1. The molecule has 2 N–H and O–H groups in total. The molecule has 154 valence electrons. The molecule has 2 amide bonds. The second kappa shape index (κ2) is 11.3. The number of para-hydroxylation sites is 2. The first-order chi connectivity index (χ1) is 14.7. The molecule has 3 aromatic rings. The second-order valence-electron chi connectivity index (χ2n) is 6.58. The van der Waals surface area contributed by atoms with Crippen molar-refractivity contribution in [3.8, 4) is 11.5 Å². The molecule has 0 aromatic heterocycles. The SMILES string of the molecule is Cc1ccccc1OCCCOc1ccc(/C=N\NC(=O)Nc2ccccc2)cc1. The highest BCUT2D eigenvalue weighted by molar-refractivity contribution is 5.90. The molecular formula is C24H25N3O3. The molecule has 0 aliphatic carbocycles. The normalized spacial score (nSPS) is 10.6. The summed E-state index contributed by atoms with van der Waals surface area (Å²) in [4.78, 5) is 11.8. The maximum Gasteiger partial charge on any atom is 0.339 e. The van der Waals surface area contributed by atoms with Crippen molar-refractivity contribution in [2.24, 2.45) is 5.10 Å². The average molecular weight is 403 g/mol. The van der Waals surface area contributed by atoms with E-state index < -0.39 is 6.03 Å². The van der Waals surface area contributed by atoms with E-state index in [1.807, 2.05) is 73.7 Å². The number of carbonyl (C=O) groups excluding carboxylic acids is 1. The van der Waals surface area contributed by atoms with E-state index in [-0.39, 0.29) is 0 Å². The third-order valence-electron chi connectivity index (χ3n) is 4.20. The Morgan fingerprint density at radius 1 is 0.900 bits per heavy atom.